The monoisotopic (exact) mass is 445 g/mol. The molecule has 8 heteroatoms. The van der Waals surface area contributed by atoms with Crippen molar-refractivity contribution in [1.82, 2.24) is 5.48 Å². The Bertz CT molecular complexity index is 1020. The average molecular weight is 445 g/mol. The molecule has 1 atom stereocenters. The molecule has 0 heterocycles. The first-order valence-electron chi connectivity index (χ1n) is 8.27. The van der Waals surface area contributed by atoms with Crippen LogP contribution in [0.4, 0.5) is 4.39 Å². The van der Waals surface area contributed by atoms with Gasteiger partial charge in [-0.15, -0.1) is 0 Å². The van der Waals surface area contributed by atoms with E-state index in [0.717, 1.165) is 5.56 Å². The number of carbonyl (C=O) groups is 1. The van der Waals surface area contributed by atoms with E-state index in [0.29, 0.717) is 16.7 Å². The number of rotatable bonds is 6. The third-order valence-corrected chi connectivity index (χ3v) is 6.95. The average Bonchev–Trinajstić information content (AvgIpc) is 2.73. The molecule has 0 aliphatic carbocycles. The van der Waals surface area contributed by atoms with Crippen LogP contribution in [0.1, 0.15) is 6.92 Å². The molecule has 0 aliphatic rings. The van der Waals surface area contributed by atoms with Gasteiger partial charge in [0.15, 0.2) is 0 Å². The molecule has 1 amide bonds. The quantitative estimate of drug-likeness (QED) is 0.346. The van der Waals surface area contributed by atoms with Crippen LogP contribution in [0.2, 0.25) is 0 Å². The van der Waals surface area contributed by atoms with E-state index in [4.69, 9.17) is 3.83 Å². The molecule has 1 unspecified atom stereocenters. The van der Waals surface area contributed by atoms with Crippen LogP contribution >= 0.6 is 0 Å². The number of benzene rings is 3. The zero-order valence-corrected chi connectivity index (χ0v) is 16.7. The van der Waals surface area contributed by atoms with Crippen molar-refractivity contribution in [2.24, 2.45) is 0 Å². The van der Waals surface area contributed by atoms with Crippen LogP contribution in [-0.4, -0.2) is 25.3 Å². The molecule has 0 saturated carbocycles. The van der Waals surface area contributed by atoms with Crippen molar-refractivity contribution >= 4 is 24.4 Å². The third-order valence-electron chi connectivity index (χ3n) is 3.94. The Labute approximate surface area is 163 Å². The molecule has 0 saturated heterocycles. The normalized spacial score (nSPS) is 13.0. The summed E-state index contributed by atoms with van der Waals surface area (Å²) in [4.78, 5) is 11.1. The van der Waals surface area contributed by atoms with Gasteiger partial charge in [-0.1, -0.05) is 0 Å². The summed E-state index contributed by atoms with van der Waals surface area (Å²) >= 11 is -5.01. The van der Waals surface area contributed by atoms with E-state index in [1.165, 1.54) is 25.1 Å². The molecule has 0 aromatic heterocycles. The van der Waals surface area contributed by atoms with Crippen molar-refractivity contribution in [3.63, 3.8) is 0 Å². The van der Waals surface area contributed by atoms with Crippen molar-refractivity contribution in [2.75, 3.05) is 0 Å². The molecule has 2 N–H and O–H groups in total. The van der Waals surface area contributed by atoms with Gasteiger partial charge in [0.05, 0.1) is 0 Å². The number of halogens is 1. The van der Waals surface area contributed by atoms with Gasteiger partial charge in [-0.25, -0.2) is 0 Å². The Balaban J connectivity index is 2.15. The van der Waals surface area contributed by atoms with Crippen LogP contribution in [0.25, 0.3) is 22.3 Å². The van der Waals surface area contributed by atoms with Crippen molar-refractivity contribution in [3.05, 3.63) is 78.6 Å². The summed E-state index contributed by atoms with van der Waals surface area (Å²) in [5.74, 6) is -0.984. The predicted molar refractivity (Wildman–Crippen MR) is 102 cm³/mol. The van der Waals surface area contributed by atoms with Gasteiger partial charge in [0.2, 0.25) is 0 Å². The summed E-state index contributed by atoms with van der Waals surface area (Å²) in [6.07, 6.45) is 0. The fourth-order valence-corrected chi connectivity index (χ4v) is 4.87. The first-order valence-corrected chi connectivity index (χ1v) is 11.5. The van der Waals surface area contributed by atoms with Crippen molar-refractivity contribution in [3.8, 4) is 22.3 Å². The first-order chi connectivity index (χ1) is 13.4. The number of nitrogens with one attached hydrogen (secondary N) is 1. The molecule has 3 aromatic carbocycles. The number of hydrogen-bond acceptors (Lipinski definition) is 5. The minimum absolute atomic E-state index is 0.0788. The van der Waals surface area contributed by atoms with Crippen molar-refractivity contribution in [1.29, 1.82) is 0 Å². The molecule has 0 radical (unpaired) electrons. The van der Waals surface area contributed by atoms with E-state index in [9.17, 15) is 18.2 Å². The van der Waals surface area contributed by atoms with Crippen LogP contribution < -0.4 is 9.83 Å². The maximum atomic E-state index is 13.3. The Morgan fingerprint density at radius 1 is 0.929 bits per heavy atom. The van der Waals surface area contributed by atoms with Gasteiger partial charge in [-0.2, -0.15) is 0 Å². The molecule has 3 rings (SSSR count). The summed E-state index contributed by atoms with van der Waals surface area (Å²) in [7, 11) is 0. The Kier molecular flexibility index (Phi) is 6.11. The summed E-state index contributed by atoms with van der Waals surface area (Å²) in [5, 5.41) is 9.25. The molecular weight excluding hydrogens is 428 g/mol. The molecule has 144 valence electrons. The fourth-order valence-electron chi connectivity index (χ4n) is 2.62. The van der Waals surface area contributed by atoms with Crippen LogP contribution in [0, 0.1) is 5.82 Å². The first kappa shape index (κ1) is 20.0. The molecule has 0 fully saturated rings. The summed E-state index contributed by atoms with van der Waals surface area (Å²) in [5.41, 5.74) is 4.74. The molecular formula is C20H17AsFNO5. The van der Waals surface area contributed by atoms with E-state index in [-0.39, 0.29) is 10.2 Å². The van der Waals surface area contributed by atoms with Crippen LogP contribution in [0.5, 0.6) is 0 Å². The molecule has 0 bridgehead atoms. The fraction of sp³-hybridized carbons (Fsp3) is 0.0500. The standard InChI is InChI=1S/C20H17AsFNO5/c1-14(24)23-27-21(25,28-26)19-12-17(15-5-3-2-4-6-15)11-18(13-19)16-7-9-20(22)10-8-16/h2-13,26H,1H3,(H,23,24). The topological polar surface area (TPSA) is 84.9 Å². The Morgan fingerprint density at radius 2 is 1.50 bits per heavy atom. The number of hydroxylamine groups is 1. The SMILES string of the molecule is CC(=O)NO[As](=O)(OO)c1cc(-c2ccccc2)cc(-c2ccc(F)cc2)c1. The molecule has 6 nitrogen and oxygen atoms in total. The number of amides is 1. The van der Waals surface area contributed by atoms with Gasteiger partial charge < -0.3 is 0 Å². The summed E-state index contributed by atoms with van der Waals surface area (Å²) in [6.45, 7) is 1.17. The zero-order chi connectivity index (χ0) is 20.1. The maximum absolute atomic E-state index is 13.3. The van der Waals surface area contributed by atoms with E-state index < -0.39 is 20.1 Å². The summed E-state index contributed by atoms with van der Waals surface area (Å²) < 4.78 is 35.5. The Morgan fingerprint density at radius 3 is 2.04 bits per heavy atom. The number of carbonyl (C=O) groups excluding carboxylic acids is 1. The van der Waals surface area contributed by atoms with E-state index in [1.807, 2.05) is 41.9 Å². The van der Waals surface area contributed by atoms with Crippen LogP contribution in [0.15, 0.2) is 72.8 Å². The molecule has 0 spiro atoms. The molecule has 28 heavy (non-hydrogen) atoms. The molecule has 3 aromatic rings. The van der Waals surface area contributed by atoms with Gasteiger partial charge in [-0.05, 0) is 0 Å². The van der Waals surface area contributed by atoms with Crippen molar-refractivity contribution < 1.29 is 25.9 Å². The second kappa shape index (κ2) is 8.54. The summed E-state index contributed by atoms with van der Waals surface area (Å²) in [6, 6.07) is 20.0. The van der Waals surface area contributed by atoms with Crippen molar-refractivity contribution in [2.45, 2.75) is 6.92 Å². The van der Waals surface area contributed by atoms with Crippen LogP contribution in [-0.2, 0) is 16.2 Å². The van der Waals surface area contributed by atoms with E-state index >= 15 is 0 Å². The van der Waals surface area contributed by atoms with E-state index in [1.54, 1.807) is 18.2 Å². The second-order valence-corrected chi connectivity index (χ2v) is 9.87. The third kappa shape index (κ3) is 4.58. The Hall–Kier alpha value is -2.70. The molecule has 0 aliphatic heterocycles. The predicted octanol–water partition coefficient (Wildman–Crippen LogP) is 3.29. The minimum atomic E-state index is -5.01. The van der Waals surface area contributed by atoms with E-state index in [2.05, 4.69) is 3.88 Å². The number of hydrogen-bond donors (Lipinski definition) is 2. The van der Waals surface area contributed by atoms with Gasteiger partial charge in [-0.3, -0.25) is 0 Å². The van der Waals surface area contributed by atoms with Gasteiger partial charge in [0.25, 0.3) is 0 Å². The second-order valence-electron chi connectivity index (χ2n) is 5.97. The van der Waals surface area contributed by atoms with Gasteiger partial charge in [0, 0.05) is 0 Å². The van der Waals surface area contributed by atoms with Gasteiger partial charge in [0.1, 0.15) is 0 Å². The zero-order valence-electron chi connectivity index (χ0n) is 14.8. The van der Waals surface area contributed by atoms with Gasteiger partial charge >= 0.3 is 164 Å². The van der Waals surface area contributed by atoms with Crippen LogP contribution in [0.3, 0.4) is 0 Å².